The summed E-state index contributed by atoms with van der Waals surface area (Å²) in [5.41, 5.74) is -0.818. The van der Waals surface area contributed by atoms with Gasteiger partial charge in [-0.2, -0.15) is 0 Å². The molecular formula is C17H23N3O7. The molecule has 0 spiro atoms. The van der Waals surface area contributed by atoms with Gasteiger partial charge in [-0.1, -0.05) is 0 Å². The van der Waals surface area contributed by atoms with Gasteiger partial charge in [0.15, 0.2) is 0 Å². The third-order valence-electron chi connectivity index (χ3n) is 3.15. The summed E-state index contributed by atoms with van der Waals surface area (Å²) in [4.78, 5) is 48.1. The number of likely N-dealkylation sites (N-methyl/N-ethyl adjacent to an activating group) is 2. The second kappa shape index (κ2) is 8.97. The van der Waals surface area contributed by atoms with Crippen molar-refractivity contribution in [3.63, 3.8) is 0 Å². The Hall–Kier alpha value is -3.17. The normalized spacial score (nSPS) is 10.7. The maximum absolute atomic E-state index is 12.1. The van der Waals surface area contributed by atoms with E-state index in [1.807, 2.05) is 0 Å². The number of nitrogens with zero attached hydrogens (tertiary/aromatic N) is 3. The molecule has 10 heteroatoms. The van der Waals surface area contributed by atoms with Crippen molar-refractivity contribution >= 4 is 23.7 Å². The quantitative estimate of drug-likeness (QED) is 0.319. The Kier molecular flexibility index (Phi) is 7.26. The van der Waals surface area contributed by atoms with Crippen molar-refractivity contribution < 1.29 is 28.8 Å². The van der Waals surface area contributed by atoms with Crippen molar-refractivity contribution in [3.05, 3.63) is 34.4 Å². The minimum Gasteiger partial charge on any atom is -0.444 e. The van der Waals surface area contributed by atoms with Gasteiger partial charge in [0.25, 0.3) is 5.69 Å². The first-order chi connectivity index (χ1) is 12.4. The number of non-ortho nitro benzene ring substituents is 1. The van der Waals surface area contributed by atoms with Crippen LogP contribution in [0.25, 0.3) is 0 Å². The Labute approximate surface area is 156 Å². The first-order valence-corrected chi connectivity index (χ1v) is 8.02. The maximum atomic E-state index is 12.1. The van der Waals surface area contributed by atoms with Crippen molar-refractivity contribution in [1.29, 1.82) is 0 Å². The van der Waals surface area contributed by atoms with Crippen molar-refractivity contribution in [2.75, 3.05) is 27.2 Å². The molecule has 2 amide bonds. The van der Waals surface area contributed by atoms with Crippen LogP contribution in [0.3, 0.4) is 0 Å². The lowest BCUT2D eigenvalue weighted by molar-refractivity contribution is -0.384. The van der Waals surface area contributed by atoms with Gasteiger partial charge < -0.3 is 19.3 Å². The summed E-state index contributed by atoms with van der Waals surface area (Å²) in [5, 5.41) is 10.6. The fraction of sp³-hybridized carbons (Fsp3) is 0.471. The zero-order valence-corrected chi connectivity index (χ0v) is 15.9. The van der Waals surface area contributed by atoms with Crippen LogP contribution in [0.5, 0.6) is 5.75 Å². The van der Waals surface area contributed by atoms with E-state index < -0.39 is 28.5 Å². The van der Waals surface area contributed by atoms with Gasteiger partial charge in [0.1, 0.15) is 24.4 Å². The molecule has 1 rings (SSSR count). The Morgan fingerprint density at radius 1 is 1.04 bits per heavy atom. The highest BCUT2D eigenvalue weighted by atomic mass is 16.6. The fourth-order valence-electron chi connectivity index (χ4n) is 1.81. The van der Waals surface area contributed by atoms with Crippen LogP contribution in [0.15, 0.2) is 24.3 Å². The molecule has 0 aromatic heterocycles. The van der Waals surface area contributed by atoms with E-state index in [0.717, 1.165) is 9.80 Å². The van der Waals surface area contributed by atoms with E-state index in [0.29, 0.717) is 0 Å². The molecule has 0 N–H and O–H groups in total. The average molecular weight is 381 g/mol. The van der Waals surface area contributed by atoms with Gasteiger partial charge in [-0.05, 0) is 32.9 Å². The SMILES string of the molecule is CN(CC(=O)Oc1ccc([N+](=O)[O-])cc1)C(=O)CN(C)C(=O)OC(C)(C)C. The molecule has 1 aromatic rings. The number of amides is 2. The molecule has 0 aliphatic carbocycles. The molecule has 10 nitrogen and oxygen atoms in total. The second-order valence-corrected chi connectivity index (χ2v) is 6.81. The minimum atomic E-state index is -0.723. The van der Waals surface area contributed by atoms with Crippen molar-refractivity contribution in [2.45, 2.75) is 26.4 Å². The van der Waals surface area contributed by atoms with E-state index in [4.69, 9.17) is 9.47 Å². The summed E-state index contributed by atoms with van der Waals surface area (Å²) in [6.45, 7) is 4.51. The standard InChI is InChI=1S/C17H23N3O7/c1-17(2,3)27-16(23)19(5)10-14(21)18(4)11-15(22)26-13-8-6-12(7-9-13)20(24)25/h6-9H,10-11H2,1-5H3. The number of esters is 1. The molecule has 0 aliphatic heterocycles. The summed E-state index contributed by atoms with van der Waals surface area (Å²) in [6.07, 6.45) is -0.655. The number of ether oxygens (including phenoxy) is 2. The Morgan fingerprint density at radius 2 is 1.59 bits per heavy atom. The molecule has 0 heterocycles. The van der Waals surface area contributed by atoms with E-state index >= 15 is 0 Å². The molecule has 0 radical (unpaired) electrons. The number of hydrogen-bond donors (Lipinski definition) is 0. The third kappa shape index (κ3) is 7.72. The largest absolute Gasteiger partial charge is 0.444 e. The van der Waals surface area contributed by atoms with Gasteiger partial charge in [0.2, 0.25) is 5.91 Å². The van der Waals surface area contributed by atoms with Gasteiger partial charge in [-0.25, -0.2) is 9.59 Å². The maximum Gasteiger partial charge on any atom is 0.410 e. The number of carbonyl (C=O) groups is 3. The van der Waals surface area contributed by atoms with Crippen LogP contribution >= 0.6 is 0 Å². The predicted octanol–water partition coefficient (Wildman–Crippen LogP) is 1.83. The lowest BCUT2D eigenvalue weighted by Crippen LogP contribution is -2.43. The number of hydrogen-bond acceptors (Lipinski definition) is 7. The molecule has 0 bridgehead atoms. The van der Waals surface area contributed by atoms with Crippen LogP contribution in [0.4, 0.5) is 10.5 Å². The third-order valence-corrected chi connectivity index (χ3v) is 3.15. The van der Waals surface area contributed by atoms with Crippen LogP contribution in [-0.2, 0) is 14.3 Å². The molecule has 0 saturated carbocycles. The lowest BCUT2D eigenvalue weighted by atomic mass is 10.2. The second-order valence-electron chi connectivity index (χ2n) is 6.81. The van der Waals surface area contributed by atoms with Crippen molar-refractivity contribution in [2.24, 2.45) is 0 Å². The van der Waals surface area contributed by atoms with Crippen LogP contribution in [-0.4, -0.2) is 65.5 Å². The van der Waals surface area contributed by atoms with Gasteiger partial charge in [0.05, 0.1) is 4.92 Å². The van der Waals surface area contributed by atoms with Gasteiger partial charge >= 0.3 is 12.1 Å². The predicted molar refractivity (Wildman–Crippen MR) is 95.2 cm³/mol. The first kappa shape index (κ1) is 21.9. The Balaban J connectivity index is 2.52. The van der Waals surface area contributed by atoms with Crippen molar-refractivity contribution in [3.8, 4) is 5.75 Å². The molecule has 0 atom stereocenters. The topological polar surface area (TPSA) is 119 Å². The number of carbonyl (C=O) groups excluding carboxylic acids is 3. The minimum absolute atomic E-state index is 0.123. The highest BCUT2D eigenvalue weighted by Crippen LogP contribution is 2.17. The molecular weight excluding hydrogens is 358 g/mol. The smallest absolute Gasteiger partial charge is 0.410 e. The Bertz CT molecular complexity index is 710. The molecule has 0 aliphatic rings. The zero-order valence-electron chi connectivity index (χ0n) is 15.9. The molecule has 0 saturated heterocycles. The summed E-state index contributed by atoms with van der Waals surface area (Å²) < 4.78 is 10.2. The average Bonchev–Trinajstić information content (AvgIpc) is 2.53. The van der Waals surface area contributed by atoms with E-state index in [-0.39, 0.29) is 24.5 Å². The van der Waals surface area contributed by atoms with E-state index in [2.05, 4.69) is 0 Å². The summed E-state index contributed by atoms with van der Waals surface area (Å²) in [7, 11) is 2.80. The number of nitro groups is 1. The van der Waals surface area contributed by atoms with E-state index in [9.17, 15) is 24.5 Å². The van der Waals surface area contributed by atoms with Crippen LogP contribution in [0.2, 0.25) is 0 Å². The molecule has 1 aromatic carbocycles. The summed E-state index contributed by atoms with van der Waals surface area (Å²) >= 11 is 0. The summed E-state index contributed by atoms with van der Waals surface area (Å²) in [5.74, 6) is -1.08. The van der Waals surface area contributed by atoms with Crippen LogP contribution in [0, 0.1) is 10.1 Å². The van der Waals surface area contributed by atoms with Crippen LogP contribution in [0.1, 0.15) is 20.8 Å². The molecule has 0 unspecified atom stereocenters. The zero-order chi connectivity index (χ0) is 20.8. The Morgan fingerprint density at radius 3 is 2.07 bits per heavy atom. The first-order valence-electron chi connectivity index (χ1n) is 8.02. The lowest BCUT2D eigenvalue weighted by Gasteiger charge is -2.25. The van der Waals surface area contributed by atoms with Gasteiger partial charge in [0, 0.05) is 26.2 Å². The number of rotatable bonds is 6. The molecule has 27 heavy (non-hydrogen) atoms. The number of nitro benzene ring substituents is 1. The van der Waals surface area contributed by atoms with E-state index in [1.54, 1.807) is 20.8 Å². The molecule has 148 valence electrons. The van der Waals surface area contributed by atoms with Gasteiger partial charge in [-0.15, -0.1) is 0 Å². The molecule has 0 fully saturated rings. The monoisotopic (exact) mass is 381 g/mol. The van der Waals surface area contributed by atoms with Gasteiger partial charge in [-0.3, -0.25) is 14.9 Å². The fourth-order valence-corrected chi connectivity index (χ4v) is 1.81. The van der Waals surface area contributed by atoms with E-state index in [1.165, 1.54) is 38.4 Å². The summed E-state index contributed by atoms with van der Waals surface area (Å²) in [6, 6.07) is 4.98. The van der Waals surface area contributed by atoms with Crippen LogP contribution < -0.4 is 4.74 Å². The number of benzene rings is 1. The highest BCUT2D eigenvalue weighted by molar-refractivity contribution is 5.86. The van der Waals surface area contributed by atoms with Crippen molar-refractivity contribution in [1.82, 2.24) is 9.80 Å². The highest BCUT2D eigenvalue weighted by Gasteiger charge is 2.23.